The van der Waals surface area contributed by atoms with E-state index in [-0.39, 0.29) is 0 Å². The number of aromatic nitrogens is 1. The summed E-state index contributed by atoms with van der Waals surface area (Å²) in [4.78, 5) is 15.9. The molecule has 1 aromatic heterocycles. The number of aryl methyl sites for hydroxylation is 1. The molecule has 0 bridgehead atoms. The Kier molecular flexibility index (Phi) is 3.52. The van der Waals surface area contributed by atoms with Gasteiger partial charge in [-0.1, -0.05) is 6.07 Å². The summed E-state index contributed by atoms with van der Waals surface area (Å²) in [6.07, 6.45) is 1.49. The Hall–Kier alpha value is -1.62. The maximum atomic E-state index is 11.6. The maximum Gasteiger partial charge on any atom is 0.340 e. The van der Waals surface area contributed by atoms with Crippen molar-refractivity contribution in [3.8, 4) is 5.75 Å². The average Bonchev–Trinajstić information content (AvgIpc) is 2.38. The molecular formula is C13H12BrNO3. The van der Waals surface area contributed by atoms with Gasteiger partial charge >= 0.3 is 5.97 Å². The zero-order chi connectivity index (χ0) is 13.3. The van der Waals surface area contributed by atoms with Gasteiger partial charge in [0.15, 0.2) is 0 Å². The molecule has 1 heterocycles. The number of nitrogens with zero attached hydrogens (tertiary/aromatic N) is 1. The van der Waals surface area contributed by atoms with Gasteiger partial charge in [0.2, 0.25) is 0 Å². The molecule has 0 fully saturated rings. The molecule has 0 aliphatic carbocycles. The number of esters is 1. The lowest BCUT2D eigenvalue weighted by atomic mass is 10.1. The minimum atomic E-state index is -0.418. The molecule has 0 saturated heterocycles. The third-order valence-corrected chi connectivity index (χ3v) is 3.58. The largest absolute Gasteiger partial charge is 0.494 e. The zero-order valence-electron chi connectivity index (χ0n) is 10.3. The number of carbonyl (C=O) groups is 1. The normalized spacial score (nSPS) is 10.4. The van der Waals surface area contributed by atoms with Gasteiger partial charge in [0.1, 0.15) is 11.3 Å². The molecule has 4 nitrogen and oxygen atoms in total. The van der Waals surface area contributed by atoms with Crippen LogP contribution < -0.4 is 4.74 Å². The first-order valence-electron chi connectivity index (χ1n) is 5.30. The predicted molar refractivity (Wildman–Crippen MR) is 72.1 cm³/mol. The van der Waals surface area contributed by atoms with E-state index in [1.807, 2.05) is 19.1 Å². The number of methoxy groups -OCH3 is 2. The molecule has 0 amide bonds. The Balaban J connectivity index is 2.82. The molecule has 0 aliphatic rings. The average molecular weight is 310 g/mol. The minimum absolute atomic E-state index is 0.404. The molecule has 94 valence electrons. The number of hydrogen-bond acceptors (Lipinski definition) is 4. The van der Waals surface area contributed by atoms with Crippen LogP contribution in [0.3, 0.4) is 0 Å². The summed E-state index contributed by atoms with van der Waals surface area (Å²) >= 11 is 3.44. The van der Waals surface area contributed by atoms with Crippen LogP contribution in [0.15, 0.2) is 22.8 Å². The molecule has 2 rings (SSSR count). The molecule has 0 aliphatic heterocycles. The molecular weight excluding hydrogens is 298 g/mol. The topological polar surface area (TPSA) is 48.4 Å². The quantitative estimate of drug-likeness (QED) is 0.800. The second-order valence-corrected chi connectivity index (χ2v) is 4.58. The van der Waals surface area contributed by atoms with E-state index in [4.69, 9.17) is 9.47 Å². The third kappa shape index (κ3) is 1.95. The van der Waals surface area contributed by atoms with Crippen LogP contribution in [0, 0.1) is 6.92 Å². The zero-order valence-corrected chi connectivity index (χ0v) is 11.9. The van der Waals surface area contributed by atoms with E-state index in [1.165, 1.54) is 13.3 Å². The SMILES string of the molecule is COC(=O)c1cnc2c(OC)ccc(C)c2c1Br. The minimum Gasteiger partial charge on any atom is -0.494 e. The summed E-state index contributed by atoms with van der Waals surface area (Å²) in [5.41, 5.74) is 2.13. The fourth-order valence-electron chi connectivity index (χ4n) is 1.82. The Morgan fingerprint density at radius 1 is 1.33 bits per heavy atom. The molecule has 0 spiro atoms. The lowest BCUT2D eigenvalue weighted by molar-refractivity contribution is 0.0599. The molecule has 5 heteroatoms. The van der Waals surface area contributed by atoms with Crippen LogP contribution in [0.5, 0.6) is 5.75 Å². The molecule has 1 aromatic carbocycles. The smallest absolute Gasteiger partial charge is 0.340 e. The van der Waals surface area contributed by atoms with Gasteiger partial charge in [0.25, 0.3) is 0 Å². The maximum absolute atomic E-state index is 11.6. The van der Waals surface area contributed by atoms with Crippen molar-refractivity contribution in [1.29, 1.82) is 0 Å². The molecule has 0 N–H and O–H groups in total. The fraction of sp³-hybridized carbons (Fsp3) is 0.231. The van der Waals surface area contributed by atoms with Crippen LogP contribution in [-0.4, -0.2) is 25.2 Å². The summed E-state index contributed by atoms with van der Waals surface area (Å²) in [6.45, 7) is 1.95. The van der Waals surface area contributed by atoms with Gasteiger partial charge in [0, 0.05) is 16.1 Å². The Morgan fingerprint density at radius 3 is 2.67 bits per heavy atom. The number of benzene rings is 1. The van der Waals surface area contributed by atoms with Crippen molar-refractivity contribution in [2.24, 2.45) is 0 Å². The van der Waals surface area contributed by atoms with Crippen LogP contribution in [-0.2, 0) is 4.74 Å². The molecule has 0 unspecified atom stereocenters. The fourth-order valence-corrected chi connectivity index (χ4v) is 2.58. The van der Waals surface area contributed by atoms with Gasteiger partial charge < -0.3 is 9.47 Å². The van der Waals surface area contributed by atoms with Crippen LogP contribution in [0.1, 0.15) is 15.9 Å². The summed E-state index contributed by atoms with van der Waals surface area (Å²) in [7, 11) is 2.94. The highest BCUT2D eigenvalue weighted by Gasteiger charge is 2.17. The van der Waals surface area contributed by atoms with Crippen molar-refractivity contribution in [3.05, 3.63) is 33.9 Å². The van der Waals surface area contributed by atoms with Crippen molar-refractivity contribution in [2.45, 2.75) is 6.92 Å². The van der Waals surface area contributed by atoms with Gasteiger partial charge in [-0.05, 0) is 34.5 Å². The highest BCUT2D eigenvalue weighted by molar-refractivity contribution is 9.10. The van der Waals surface area contributed by atoms with Crippen LogP contribution in [0.25, 0.3) is 10.9 Å². The Bertz CT molecular complexity index is 625. The lowest BCUT2D eigenvalue weighted by Crippen LogP contribution is -2.04. The van der Waals surface area contributed by atoms with Gasteiger partial charge in [-0.25, -0.2) is 4.79 Å². The third-order valence-electron chi connectivity index (χ3n) is 2.75. The number of ether oxygens (including phenoxy) is 2. The number of fused-ring (bicyclic) bond motifs is 1. The van der Waals surface area contributed by atoms with Crippen molar-refractivity contribution in [1.82, 2.24) is 4.98 Å². The number of halogens is 1. The van der Waals surface area contributed by atoms with Gasteiger partial charge in [-0.15, -0.1) is 0 Å². The Morgan fingerprint density at radius 2 is 2.06 bits per heavy atom. The first-order chi connectivity index (χ1) is 8.60. The van der Waals surface area contributed by atoms with E-state index in [0.29, 0.717) is 15.8 Å². The first-order valence-corrected chi connectivity index (χ1v) is 6.09. The van der Waals surface area contributed by atoms with Gasteiger partial charge in [-0.2, -0.15) is 0 Å². The van der Waals surface area contributed by atoms with E-state index in [0.717, 1.165) is 16.5 Å². The van der Waals surface area contributed by atoms with E-state index >= 15 is 0 Å². The summed E-state index contributed by atoms with van der Waals surface area (Å²) in [5.74, 6) is 0.256. The number of rotatable bonds is 2. The molecule has 18 heavy (non-hydrogen) atoms. The van der Waals surface area contributed by atoms with Gasteiger partial charge in [-0.3, -0.25) is 4.98 Å². The van der Waals surface area contributed by atoms with E-state index < -0.39 is 5.97 Å². The van der Waals surface area contributed by atoms with Crippen LogP contribution >= 0.6 is 15.9 Å². The second-order valence-electron chi connectivity index (χ2n) is 3.79. The van der Waals surface area contributed by atoms with Crippen LogP contribution in [0.2, 0.25) is 0 Å². The molecule has 0 atom stereocenters. The number of carbonyl (C=O) groups excluding carboxylic acids is 1. The lowest BCUT2D eigenvalue weighted by Gasteiger charge is -2.11. The van der Waals surface area contributed by atoms with E-state index in [1.54, 1.807) is 7.11 Å². The summed E-state index contributed by atoms with van der Waals surface area (Å²) in [5, 5.41) is 0.859. The van der Waals surface area contributed by atoms with Gasteiger partial charge in [0.05, 0.1) is 19.8 Å². The molecule has 0 radical (unpaired) electrons. The van der Waals surface area contributed by atoms with E-state index in [9.17, 15) is 4.79 Å². The summed E-state index contributed by atoms with van der Waals surface area (Å²) < 4.78 is 10.7. The highest BCUT2D eigenvalue weighted by Crippen LogP contribution is 2.34. The van der Waals surface area contributed by atoms with E-state index in [2.05, 4.69) is 20.9 Å². The number of pyridine rings is 1. The van der Waals surface area contributed by atoms with Crippen molar-refractivity contribution >= 4 is 32.8 Å². The van der Waals surface area contributed by atoms with Crippen LogP contribution in [0.4, 0.5) is 0 Å². The molecule has 0 saturated carbocycles. The molecule has 2 aromatic rings. The second kappa shape index (κ2) is 4.94. The summed E-state index contributed by atoms with van der Waals surface area (Å²) in [6, 6.07) is 3.78. The van der Waals surface area contributed by atoms with Crippen molar-refractivity contribution in [2.75, 3.05) is 14.2 Å². The highest BCUT2D eigenvalue weighted by atomic mass is 79.9. The number of hydrogen-bond donors (Lipinski definition) is 0. The Labute approximate surface area is 113 Å². The predicted octanol–water partition coefficient (Wildman–Crippen LogP) is 3.10. The monoisotopic (exact) mass is 309 g/mol. The standard InChI is InChI=1S/C13H12BrNO3/c1-7-4-5-9(17-2)12-10(7)11(14)8(6-15-12)13(16)18-3/h4-6H,1-3H3. The van der Waals surface area contributed by atoms with Crippen molar-refractivity contribution < 1.29 is 14.3 Å². The first kappa shape index (κ1) is 12.8. The van der Waals surface area contributed by atoms with Crippen molar-refractivity contribution in [3.63, 3.8) is 0 Å².